The van der Waals surface area contributed by atoms with E-state index in [1.54, 1.807) is 16.7 Å². The van der Waals surface area contributed by atoms with Crippen LogP contribution in [0.1, 0.15) is 24.2 Å². The van der Waals surface area contributed by atoms with Gasteiger partial charge in [-0.2, -0.15) is 0 Å². The summed E-state index contributed by atoms with van der Waals surface area (Å²) in [5.41, 5.74) is 0.804. The van der Waals surface area contributed by atoms with Crippen LogP contribution in [0.5, 0.6) is 0 Å². The Kier molecular flexibility index (Phi) is 2.72. The van der Waals surface area contributed by atoms with Crippen molar-refractivity contribution in [3.63, 3.8) is 0 Å². The Labute approximate surface area is 97.6 Å². The van der Waals surface area contributed by atoms with Crippen molar-refractivity contribution in [3.05, 3.63) is 34.7 Å². The van der Waals surface area contributed by atoms with Crippen molar-refractivity contribution in [3.8, 4) is 0 Å². The number of rotatable bonds is 2. The molecule has 2 aromatic rings. The monoisotopic (exact) mass is 239 g/mol. The number of ketones is 1. The van der Waals surface area contributed by atoms with Gasteiger partial charge in [-0.05, 0) is 19.9 Å². The van der Waals surface area contributed by atoms with E-state index in [0.717, 1.165) is 0 Å². The largest absolute Gasteiger partial charge is 0.329 e. The number of benzene rings is 1. The summed E-state index contributed by atoms with van der Waals surface area (Å²) >= 11 is 6.09. The van der Waals surface area contributed by atoms with Gasteiger partial charge in [0.05, 0.1) is 11.1 Å². The minimum absolute atomic E-state index is 0.146. The van der Waals surface area contributed by atoms with Gasteiger partial charge >= 0.3 is 0 Å². The molecular weight excluding hydrogens is 229 g/mol. The molecule has 2 rings (SSSR count). The second kappa shape index (κ2) is 3.91. The highest BCUT2D eigenvalue weighted by atomic mass is 35.5. The molecular formula is C12H11ClFNO. The van der Waals surface area contributed by atoms with Crippen molar-refractivity contribution in [2.24, 2.45) is 0 Å². The molecule has 0 radical (unpaired) electrons. The number of hydrogen-bond acceptors (Lipinski definition) is 1. The minimum atomic E-state index is -0.353. The van der Waals surface area contributed by atoms with E-state index < -0.39 is 0 Å². The van der Waals surface area contributed by atoms with Crippen molar-refractivity contribution < 1.29 is 9.18 Å². The van der Waals surface area contributed by atoms with E-state index >= 15 is 0 Å². The van der Waals surface area contributed by atoms with Gasteiger partial charge in [-0.15, -0.1) is 0 Å². The Morgan fingerprint density at radius 2 is 2.19 bits per heavy atom. The van der Waals surface area contributed by atoms with E-state index in [9.17, 15) is 9.18 Å². The van der Waals surface area contributed by atoms with Crippen LogP contribution in [-0.2, 0) is 6.54 Å². The molecule has 16 heavy (non-hydrogen) atoms. The summed E-state index contributed by atoms with van der Waals surface area (Å²) in [7, 11) is 0. The lowest BCUT2D eigenvalue weighted by molar-refractivity contribution is 0.101. The van der Waals surface area contributed by atoms with Crippen LogP contribution in [0.4, 0.5) is 4.39 Å². The second-order valence-electron chi connectivity index (χ2n) is 3.60. The number of nitrogens with zero attached hydrogens (tertiary/aromatic N) is 1. The Morgan fingerprint density at radius 1 is 1.50 bits per heavy atom. The lowest BCUT2D eigenvalue weighted by Crippen LogP contribution is -1.96. The van der Waals surface area contributed by atoms with Crippen LogP contribution in [0.15, 0.2) is 18.2 Å². The summed E-state index contributed by atoms with van der Waals surface area (Å²) in [6, 6.07) is 4.67. The average Bonchev–Trinajstić information content (AvgIpc) is 2.51. The first kappa shape index (κ1) is 11.1. The number of aryl methyl sites for hydroxylation is 1. The van der Waals surface area contributed by atoms with Crippen LogP contribution in [0.25, 0.3) is 10.9 Å². The van der Waals surface area contributed by atoms with Crippen molar-refractivity contribution in [2.45, 2.75) is 20.4 Å². The first-order chi connectivity index (χ1) is 7.57. The van der Waals surface area contributed by atoms with Crippen LogP contribution < -0.4 is 0 Å². The third-order valence-corrected chi connectivity index (χ3v) is 3.03. The molecule has 0 fully saturated rings. The lowest BCUT2D eigenvalue weighted by atomic mass is 10.1. The van der Waals surface area contributed by atoms with Gasteiger partial charge in [-0.3, -0.25) is 4.79 Å². The molecule has 1 heterocycles. The van der Waals surface area contributed by atoms with Crippen LogP contribution >= 0.6 is 11.6 Å². The molecule has 0 atom stereocenters. The van der Waals surface area contributed by atoms with Gasteiger partial charge in [0, 0.05) is 11.9 Å². The number of halogens is 2. The zero-order valence-corrected chi connectivity index (χ0v) is 9.81. The molecule has 1 aromatic heterocycles. The fraction of sp³-hybridized carbons (Fsp3) is 0.250. The summed E-state index contributed by atoms with van der Waals surface area (Å²) in [6.45, 7) is 3.83. The molecule has 0 unspecified atom stereocenters. The predicted octanol–water partition coefficient (Wildman–Crippen LogP) is 3.66. The third-order valence-electron chi connectivity index (χ3n) is 2.64. The van der Waals surface area contributed by atoms with Crippen LogP contribution in [0, 0.1) is 5.82 Å². The molecule has 0 amide bonds. The fourth-order valence-electron chi connectivity index (χ4n) is 1.97. The van der Waals surface area contributed by atoms with Gasteiger partial charge in [-0.1, -0.05) is 23.7 Å². The number of fused-ring (bicyclic) bond motifs is 1. The van der Waals surface area contributed by atoms with E-state index in [4.69, 9.17) is 11.6 Å². The maximum atomic E-state index is 13.7. The topological polar surface area (TPSA) is 22.0 Å². The fourth-order valence-corrected chi connectivity index (χ4v) is 2.41. The smallest absolute Gasteiger partial charge is 0.163 e. The quantitative estimate of drug-likeness (QED) is 0.733. The summed E-state index contributed by atoms with van der Waals surface area (Å²) in [4.78, 5) is 11.5. The standard InChI is InChI=1S/C12H11ClFNO/c1-3-15-11-8(5-4-6-9(11)14)10(7(2)16)12(15)13/h4-6H,3H2,1-2H3. The molecule has 0 aliphatic heterocycles. The maximum absolute atomic E-state index is 13.7. The number of carbonyl (C=O) groups is 1. The Morgan fingerprint density at radius 3 is 2.75 bits per heavy atom. The van der Waals surface area contributed by atoms with E-state index in [2.05, 4.69) is 0 Å². The first-order valence-electron chi connectivity index (χ1n) is 5.05. The van der Waals surface area contributed by atoms with Gasteiger partial charge in [-0.25, -0.2) is 4.39 Å². The highest BCUT2D eigenvalue weighted by Crippen LogP contribution is 2.31. The Hall–Kier alpha value is -1.35. The van der Waals surface area contributed by atoms with Gasteiger partial charge in [0.25, 0.3) is 0 Å². The SMILES string of the molecule is CCn1c(Cl)c(C(C)=O)c2cccc(F)c21. The molecule has 1 aromatic carbocycles. The molecule has 0 N–H and O–H groups in total. The van der Waals surface area contributed by atoms with Crippen LogP contribution in [0.2, 0.25) is 5.15 Å². The highest BCUT2D eigenvalue weighted by Gasteiger charge is 2.19. The van der Waals surface area contributed by atoms with Gasteiger partial charge in [0.2, 0.25) is 0 Å². The Balaban J connectivity index is 2.98. The van der Waals surface area contributed by atoms with E-state index in [1.807, 2.05) is 6.92 Å². The third kappa shape index (κ3) is 1.43. The molecule has 0 saturated carbocycles. The predicted molar refractivity (Wildman–Crippen MR) is 62.6 cm³/mol. The zero-order valence-electron chi connectivity index (χ0n) is 9.05. The molecule has 0 saturated heterocycles. The Bertz CT molecular complexity index is 574. The normalized spacial score (nSPS) is 11.0. The molecule has 2 nitrogen and oxygen atoms in total. The summed E-state index contributed by atoms with van der Waals surface area (Å²) in [5.74, 6) is -0.499. The summed E-state index contributed by atoms with van der Waals surface area (Å²) < 4.78 is 15.3. The number of hydrogen-bond donors (Lipinski definition) is 0. The second-order valence-corrected chi connectivity index (χ2v) is 3.96. The molecule has 4 heteroatoms. The van der Waals surface area contributed by atoms with E-state index in [-0.39, 0.29) is 11.6 Å². The number of carbonyl (C=O) groups excluding carboxylic acids is 1. The first-order valence-corrected chi connectivity index (χ1v) is 5.42. The molecule has 84 valence electrons. The molecule has 0 spiro atoms. The van der Waals surface area contributed by atoms with Crippen molar-refractivity contribution >= 4 is 28.3 Å². The molecule has 0 aliphatic carbocycles. The number of Topliss-reactive ketones (excluding diaryl/α,β-unsaturated/α-hetero) is 1. The van der Waals surface area contributed by atoms with Crippen molar-refractivity contribution in [1.82, 2.24) is 4.57 Å². The van der Waals surface area contributed by atoms with Crippen molar-refractivity contribution in [2.75, 3.05) is 0 Å². The van der Waals surface area contributed by atoms with Crippen LogP contribution in [-0.4, -0.2) is 10.4 Å². The molecule has 0 bridgehead atoms. The van der Waals surface area contributed by atoms with Gasteiger partial charge in [0.1, 0.15) is 11.0 Å². The van der Waals surface area contributed by atoms with Crippen LogP contribution in [0.3, 0.4) is 0 Å². The summed E-state index contributed by atoms with van der Waals surface area (Å²) in [6.07, 6.45) is 0. The van der Waals surface area contributed by atoms with E-state index in [0.29, 0.717) is 28.2 Å². The van der Waals surface area contributed by atoms with E-state index in [1.165, 1.54) is 13.0 Å². The molecule has 0 aliphatic rings. The lowest BCUT2D eigenvalue weighted by Gasteiger charge is -2.02. The number of para-hydroxylation sites is 1. The summed E-state index contributed by atoms with van der Waals surface area (Å²) in [5, 5.41) is 0.898. The van der Waals surface area contributed by atoms with Gasteiger partial charge in [0.15, 0.2) is 5.78 Å². The van der Waals surface area contributed by atoms with Gasteiger partial charge < -0.3 is 4.57 Å². The average molecular weight is 240 g/mol. The van der Waals surface area contributed by atoms with Crippen molar-refractivity contribution in [1.29, 1.82) is 0 Å². The minimum Gasteiger partial charge on any atom is -0.329 e. The number of aromatic nitrogens is 1. The maximum Gasteiger partial charge on any atom is 0.163 e. The highest BCUT2D eigenvalue weighted by molar-refractivity contribution is 6.35. The zero-order chi connectivity index (χ0) is 11.9.